The van der Waals surface area contributed by atoms with Crippen LogP contribution in [0, 0.1) is 10.1 Å². The number of hydrogen-bond acceptors (Lipinski definition) is 5. The zero-order valence-corrected chi connectivity index (χ0v) is 12.8. The van der Waals surface area contributed by atoms with Crippen molar-refractivity contribution in [2.24, 2.45) is 5.73 Å². The molecule has 0 heterocycles. The lowest BCUT2D eigenvalue weighted by atomic mass is 10.2. The number of nitro groups is 1. The van der Waals surface area contributed by atoms with E-state index in [2.05, 4.69) is 15.9 Å². The van der Waals surface area contributed by atoms with E-state index < -0.39 is 14.8 Å². The van der Waals surface area contributed by atoms with Crippen LogP contribution in [0.1, 0.15) is 18.9 Å². The van der Waals surface area contributed by atoms with Crippen molar-refractivity contribution in [3.63, 3.8) is 0 Å². The molecular formula is C11H15BrN2O4S. The molecule has 1 unspecified atom stereocenters. The molecule has 6 nitrogen and oxygen atoms in total. The molecular weight excluding hydrogens is 336 g/mol. The standard InChI is InChI=1S/C11H15BrN2O4S/c1-8(13)5-6-19(17,18)7-9-3-2-4-10(11(9)12)14(15)16/h2-4,8H,5-7,13H2,1H3. The largest absolute Gasteiger partial charge is 0.328 e. The summed E-state index contributed by atoms with van der Waals surface area (Å²) in [5.74, 6) is -0.262. The molecule has 0 saturated carbocycles. The van der Waals surface area contributed by atoms with Crippen LogP contribution in [0.2, 0.25) is 0 Å². The Balaban J connectivity index is 2.94. The fourth-order valence-corrected chi connectivity index (χ4v) is 3.82. The van der Waals surface area contributed by atoms with Gasteiger partial charge in [-0.05, 0) is 34.8 Å². The van der Waals surface area contributed by atoms with E-state index in [1.165, 1.54) is 12.1 Å². The number of nitrogens with zero attached hydrogens (tertiary/aromatic N) is 1. The van der Waals surface area contributed by atoms with Gasteiger partial charge in [0.25, 0.3) is 5.69 Å². The highest BCUT2D eigenvalue weighted by Gasteiger charge is 2.20. The van der Waals surface area contributed by atoms with Gasteiger partial charge in [-0.3, -0.25) is 10.1 Å². The van der Waals surface area contributed by atoms with Gasteiger partial charge in [-0.25, -0.2) is 8.42 Å². The Kier molecular flexibility index (Phi) is 5.45. The molecule has 0 bridgehead atoms. The van der Waals surface area contributed by atoms with E-state index in [1.807, 2.05) is 0 Å². The minimum atomic E-state index is -3.33. The minimum Gasteiger partial charge on any atom is -0.328 e. The number of halogens is 1. The smallest absolute Gasteiger partial charge is 0.283 e. The zero-order chi connectivity index (χ0) is 14.6. The van der Waals surface area contributed by atoms with Gasteiger partial charge in [-0.15, -0.1) is 0 Å². The third kappa shape index (κ3) is 4.88. The summed E-state index contributed by atoms with van der Waals surface area (Å²) in [5.41, 5.74) is 5.77. The maximum atomic E-state index is 11.9. The summed E-state index contributed by atoms with van der Waals surface area (Å²) in [6.45, 7) is 1.73. The third-order valence-corrected chi connectivity index (χ3v) is 5.04. The number of benzene rings is 1. The average Bonchev–Trinajstić information content (AvgIpc) is 2.29. The highest BCUT2D eigenvalue weighted by atomic mass is 79.9. The predicted octanol–water partition coefficient (Wildman–Crippen LogP) is 2.01. The molecule has 0 spiro atoms. The van der Waals surface area contributed by atoms with Crippen molar-refractivity contribution in [2.45, 2.75) is 25.1 Å². The molecule has 8 heteroatoms. The van der Waals surface area contributed by atoms with Crippen molar-refractivity contribution in [3.8, 4) is 0 Å². The van der Waals surface area contributed by atoms with Crippen LogP contribution < -0.4 is 5.73 Å². The Morgan fingerprint density at radius 2 is 2.11 bits per heavy atom. The second-order valence-electron chi connectivity index (χ2n) is 4.37. The number of hydrogen-bond donors (Lipinski definition) is 1. The maximum absolute atomic E-state index is 11.9. The molecule has 1 aromatic rings. The molecule has 0 radical (unpaired) electrons. The summed E-state index contributed by atoms with van der Waals surface area (Å²) in [7, 11) is -3.33. The SMILES string of the molecule is CC(N)CCS(=O)(=O)Cc1cccc([N+](=O)[O-])c1Br. The van der Waals surface area contributed by atoms with Crippen LogP contribution in [0.25, 0.3) is 0 Å². The highest BCUT2D eigenvalue weighted by molar-refractivity contribution is 9.10. The lowest BCUT2D eigenvalue weighted by Crippen LogP contribution is -2.20. The molecule has 0 aromatic heterocycles. The van der Waals surface area contributed by atoms with Crippen molar-refractivity contribution in [1.29, 1.82) is 0 Å². The molecule has 0 aliphatic rings. The Morgan fingerprint density at radius 3 is 2.63 bits per heavy atom. The number of sulfone groups is 1. The normalized spacial score (nSPS) is 13.2. The summed E-state index contributed by atoms with van der Waals surface area (Å²) in [6, 6.07) is 4.16. The van der Waals surface area contributed by atoms with Crippen LogP contribution in [0.3, 0.4) is 0 Å². The van der Waals surface area contributed by atoms with E-state index >= 15 is 0 Å². The van der Waals surface area contributed by atoms with E-state index in [1.54, 1.807) is 13.0 Å². The topological polar surface area (TPSA) is 103 Å². The van der Waals surface area contributed by atoms with Crippen LogP contribution in [0.4, 0.5) is 5.69 Å². The van der Waals surface area contributed by atoms with Gasteiger partial charge in [0.15, 0.2) is 9.84 Å². The Hall–Kier alpha value is -0.990. The van der Waals surface area contributed by atoms with E-state index in [-0.39, 0.29) is 27.7 Å². The number of nitrogens with two attached hydrogens (primary N) is 1. The van der Waals surface area contributed by atoms with Gasteiger partial charge in [-0.2, -0.15) is 0 Å². The Morgan fingerprint density at radius 1 is 1.47 bits per heavy atom. The molecule has 0 fully saturated rings. The monoisotopic (exact) mass is 350 g/mol. The first kappa shape index (κ1) is 16.1. The van der Waals surface area contributed by atoms with Crippen molar-refractivity contribution in [1.82, 2.24) is 0 Å². The van der Waals surface area contributed by atoms with Crippen LogP contribution in [-0.4, -0.2) is 25.1 Å². The van der Waals surface area contributed by atoms with Crippen molar-refractivity contribution < 1.29 is 13.3 Å². The second-order valence-corrected chi connectivity index (χ2v) is 7.34. The molecule has 0 saturated heterocycles. The van der Waals surface area contributed by atoms with Crippen molar-refractivity contribution >= 4 is 31.5 Å². The average molecular weight is 351 g/mol. The van der Waals surface area contributed by atoms with Gasteiger partial charge in [-0.1, -0.05) is 12.1 Å². The molecule has 0 aliphatic heterocycles. The van der Waals surface area contributed by atoms with Gasteiger partial charge in [0, 0.05) is 12.1 Å². The molecule has 106 valence electrons. The van der Waals surface area contributed by atoms with Gasteiger partial charge >= 0.3 is 0 Å². The molecule has 0 aliphatic carbocycles. The first-order valence-electron chi connectivity index (χ1n) is 5.60. The van der Waals surface area contributed by atoms with Gasteiger partial charge < -0.3 is 5.73 Å². The lowest BCUT2D eigenvalue weighted by Gasteiger charge is -2.08. The zero-order valence-electron chi connectivity index (χ0n) is 10.4. The van der Waals surface area contributed by atoms with Crippen molar-refractivity contribution in [2.75, 3.05) is 5.75 Å². The van der Waals surface area contributed by atoms with Gasteiger partial charge in [0.05, 0.1) is 20.9 Å². The quantitative estimate of drug-likeness (QED) is 0.624. The summed E-state index contributed by atoms with van der Waals surface area (Å²) in [4.78, 5) is 10.2. The number of nitro benzene ring substituents is 1. The van der Waals surface area contributed by atoms with E-state index in [4.69, 9.17) is 5.73 Å². The Labute approximate surface area is 120 Å². The lowest BCUT2D eigenvalue weighted by molar-refractivity contribution is -0.385. The predicted molar refractivity (Wildman–Crippen MR) is 76.6 cm³/mol. The summed E-state index contributed by atoms with van der Waals surface area (Å²) in [6.07, 6.45) is 0.370. The third-order valence-electron chi connectivity index (χ3n) is 2.51. The minimum absolute atomic E-state index is 0.0280. The first-order valence-corrected chi connectivity index (χ1v) is 8.22. The summed E-state index contributed by atoms with van der Waals surface area (Å²) < 4.78 is 24.0. The van der Waals surface area contributed by atoms with E-state index in [0.717, 1.165) is 0 Å². The molecule has 1 aromatic carbocycles. The summed E-state index contributed by atoms with van der Waals surface area (Å²) in [5, 5.41) is 10.8. The van der Waals surface area contributed by atoms with Crippen LogP contribution in [0.15, 0.2) is 22.7 Å². The maximum Gasteiger partial charge on any atom is 0.283 e. The van der Waals surface area contributed by atoms with E-state index in [0.29, 0.717) is 12.0 Å². The van der Waals surface area contributed by atoms with Crippen LogP contribution in [0.5, 0.6) is 0 Å². The van der Waals surface area contributed by atoms with E-state index in [9.17, 15) is 18.5 Å². The summed E-state index contributed by atoms with van der Waals surface area (Å²) >= 11 is 3.08. The second kappa shape index (κ2) is 6.44. The first-order chi connectivity index (χ1) is 8.73. The molecule has 1 rings (SSSR count). The molecule has 2 N–H and O–H groups in total. The van der Waals surface area contributed by atoms with Gasteiger partial charge in [0.1, 0.15) is 0 Å². The molecule has 19 heavy (non-hydrogen) atoms. The Bertz CT molecular complexity index is 572. The fourth-order valence-electron chi connectivity index (χ4n) is 1.49. The van der Waals surface area contributed by atoms with Crippen LogP contribution >= 0.6 is 15.9 Å². The molecule has 0 amide bonds. The van der Waals surface area contributed by atoms with Crippen LogP contribution in [-0.2, 0) is 15.6 Å². The fraction of sp³-hybridized carbons (Fsp3) is 0.455. The van der Waals surface area contributed by atoms with Crippen molar-refractivity contribution in [3.05, 3.63) is 38.3 Å². The molecule has 1 atom stereocenters. The van der Waals surface area contributed by atoms with Gasteiger partial charge in [0.2, 0.25) is 0 Å². The number of rotatable bonds is 6. The highest BCUT2D eigenvalue weighted by Crippen LogP contribution is 2.29.